The molecule has 2 aromatic heterocycles. The lowest BCUT2D eigenvalue weighted by Crippen LogP contribution is -2.46. The molecule has 2 atom stereocenters. The van der Waals surface area contributed by atoms with Crippen LogP contribution in [0.1, 0.15) is 79.9 Å². The number of anilines is 1. The van der Waals surface area contributed by atoms with Crippen LogP contribution in [0.15, 0.2) is 66.7 Å². The third-order valence-electron chi connectivity index (χ3n) is 10.1. The molecule has 1 amide bonds. The fourth-order valence-corrected chi connectivity index (χ4v) is 8.08. The van der Waals surface area contributed by atoms with Gasteiger partial charge in [-0.1, -0.05) is 59.6 Å². The van der Waals surface area contributed by atoms with E-state index < -0.39 is 12.0 Å². The monoisotopic (exact) mass is 708 g/mol. The third-order valence-corrected chi connectivity index (χ3v) is 10.9. The van der Waals surface area contributed by atoms with E-state index in [4.69, 9.17) is 33.0 Å². The van der Waals surface area contributed by atoms with Crippen molar-refractivity contribution in [2.24, 2.45) is 7.05 Å². The molecule has 6 aromatic rings. The molecule has 256 valence electrons. The molecule has 50 heavy (non-hydrogen) atoms. The topological polar surface area (TPSA) is 89.6 Å². The Morgan fingerprint density at radius 1 is 0.960 bits per heavy atom. The van der Waals surface area contributed by atoms with Crippen LogP contribution in [0.2, 0.25) is 10.0 Å². The number of halogens is 2. The van der Waals surface area contributed by atoms with Gasteiger partial charge in [-0.25, -0.2) is 4.79 Å². The van der Waals surface area contributed by atoms with Gasteiger partial charge in [-0.3, -0.25) is 14.4 Å². The van der Waals surface area contributed by atoms with Gasteiger partial charge in [0.25, 0.3) is 5.91 Å². The van der Waals surface area contributed by atoms with Crippen molar-refractivity contribution in [1.82, 2.24) is 14.3 Å². The fourth-order valence-electron chi connectivity index (χ4n) is 7.80. The first kappa shape index (κ1) is 33.7. The zero-order chi connectivity index (χ0) is 35.6. The SMILES string of the molecule is Cc1cc(OCCCc2c3n(c4cc(Cl)ccc24)C(C)[C@@H](c2c(C)nn(C)c2C)N(c2c(C(=O)O)ccc4ccccc24)C3=O)cc(C)c1Cl. The van der Waals surface area contributed by atoms with Gasteiger partial charge in [0.05, 0.1) is 41.2 Å². The van der Waals surface area contributed by atoms with E-state index in [2.05, 4.69) is 11.5 Å². The maximum absolute atomic E-state index is 15.4. The number of hydrogen-bond acceptors (Lipinski definition) is 4. The van der Waals surface area contributed by atoms with Crippen molar-refractivity contribution in [3.63, 3.8) is 0 Å². The van der Waals surface area contributed by atoms with Crippen LogP contribution < -0.4 is 9.64 Å². The van der Waals surface area contributed by atoms with E-state index in [1.807, 2.05) is 94.0 Å². The third kappa shape index (κ3) is 5.42. The second-order valence-electron chi connectivity index (χ2n) is 13.2. The van der Waals surface area contributed by atoms with Crippen LogP contribution in [0.25, 0.3) is 21.7 Å². The van der Waals surface area contributed by atoms with Gasteiger partial charge >= 0.3 is 5.97 Å². The number of aromatic carboxylic acids is 1. The Bertz CT molecular complexity index is 2330. The first-order valence-corrected chi connectivity index (χ1v) is 17.4. The number of hydrogen-bond donors (Lipinski definition) is 1. The first-order chi connectivity index (χ1) is 23.9. The second-order valence-corrected chi connectivity index (χ2v) is 14.1. The van der Waals surface area contributed by atoms with Gasteiger partial charge in [-0.2, -0.15) is 5.10 Å². The van der Waals surface area contributed by atoms with Gasteiger partial charge < -0.3 is 14.4 Å². The molecule has 1 N–H and O–H groups in total. The highest BCUT2D eigenvalue weighted by molar-refractivity contribution is 6.32. The molecule has 0 spiro atoms. The molecule has 1 aliphatic rings. The number of nitrogens with zero attached hydrogens (tertiary/aromatic N) is 4. The van der Waals surface area contributed by atoms with Crippen molar-refractivity contribution in [2.75, 3.05) is 11.5 Å². The van der Waals surface area contributed by atoms with E-state index in [0.29, 0.717) is 41.2 Å². The molecular formula is C40H38Cl2N4O4. The van der Waals surface area contributed by atoms with Crippen LogP contribution in [0, 0.1) is 27.7 Å². The van der Waals surface area contributed by atoms with E-state index in [1.165, 1.54) is 0 Å². The predicted octanol–water partition coefficient (Wildman–Crippen LogP) is 9.74. The van der Waals surface area contributed by atoms with Crippen LogP contribution in [-0.4, -0.2) is 37.9 Å². The number of carboxylic acids is 1. The van der Waals surface area contributed by atoms with E-state index in [0.717, 1.165) is 60.7 Å². The zero-order valence-electron chi connectivity index (χ0n) is 28.8. The van der Waals surface area contributed by atoms with Crippen LogP contribution in [0.5, 0.6) is 5.75 Å². The summed E-state index contributed by atoms with van der Waals surface area (Å²) in [4.78, 5) is 30.1. The van der Waals surface area contributed by atoms with Crippen LogP contribution in [-0.2, 0) is 13.5 Å². The highest BCUT2D eigenvalue weighted by Crippen LogP contribution is 2.49. The minimum atomic E-state index is -1.10. The largest absolute Gasteiger partial charge is 0.494 e. The Morgan fingerprint density at radius 2 is 1.68 bits per heavy atom. The van der Waals surface area contributed by atoms with Gasteiger partial charge in [0, 0.05) is 39.1 Å². The average molecular weight is 710 g/mol. The van der Waals surface area contributed by atoms with Crippen molar-refractivity contribution in [2.45, 2.75) is 59.5 Å². The first-order valence-electron chi connectivity index (χ1n) is 16.7. The number of carbonyl (C=O) groups excluding carboxylic acids is 1. The molecule has 7 rings (SSSR count). The number of aryl methyl sites for hydroxylation is 5. The molecule has 4 aromatic carbocycles. The van der Waals surface area contributed by atoms with Gasteiger partial charge in [-0.15, -0.1) is 0 Å². The highest BCUT2D eigenvalue weighted by atomic mass is 35.5. The van der Waals surface area contributed by atoms with Crippen molar-refractivity contribution in [3.8, 4) is 5.75 Å². The summed E-state index contributed by atoms with van der Waals surface area (Å²) < 4.78 is 10.1. The number of carboxylic acid groups (broad SMARTS) is 1. The van der Waals surface area contributed by atoms with Gasteiger partial charge in [0.15, 0.2) is 0 Å². The lowest BCUT2D eigenvalue weighted by molar-refractivity contribution is 0.0697. The number of fused-ring (bicyclic) bond motifs is 4. The van der Waals surface area contributed by atoms with E-state index in [1.54, 1.807) is 17.0 Å². The quantitative estimate of drug-likeness (QED) is 0.159. The number of aromatic nitrogens is 3. The van der Waals surface area contributed by atoms with Crippen molar-refractivity contribution in [1.29, 1.82) is 0 Å². The van der Waals surface area contributed by atoms with Gasteiger partial charge in [0.2, 0.25) is 0 Å². The van der Waals surface area contributed by atoms with Crippen molar-refractivity contribution >= 4 is 62.4 Å². The molecule has 0 aliphatic carbocycles. The Morgan fingerprint density at radius 3 is 2.36 bits per heavy atom. The van der Waals surface area contributed by atoms with E-state index >= 15 is 4.79 Å². The summed E-state index contributed by atoms with van der Waals surface area (Å²) in [7, 11) is 1.88. The van der Waals surface area contributed by atoms with Crippen molar-refractivity contribution in [3.05, 3.63) is 122 Å². The number of ether oxygens (including phenoxy) is 1. The summed E-state index contributed by atoms with van der Waals surface area (Å²) in [6.07, 6.45) is 1.19. The lowest BCUT2D eigenvalue weighted by Gasteiger charge is -2.43. The summed E-state index contributed by atoms with van der Waals surface area (Å²) in [6.45, 7) is 10.4. The normalized spacial score (nSPS) is 16.0. The van der Waals surface area contributed by atoms with E-state index in [9.17, 15) is 9.90 Å². The molecule has 0 saturated heterocycles. The zero-order valence-corrected chi connectivity index (χ0v) is 30.4. The predicted molar refractivity (Wildman–Crippen MR) is 200 cm³/mol. The van der Waals surface area contributed by atoms with Crippen LogP contribution >= 0.6 is 23.2 Å². The molecule has 1 unspecified atom stereocenters. The fraction of sp³-hybridized carbons (Fsp3) is 0.275. The smallest absolute Gasteiger partial charge is 0.337 e. The number of amides is 1. The van der Waals surface area contributed by atoms with Crippen molar-refractivity contribution < 1.29 is 19.4 Å². The van der Waals surface area contributed by atoms with Gasteiger partial charge in [0.1, 0.15) is 11.4 Å². The minimum Gasteiger partial charge on any atom is -0.494 e. The minimum absolute atomic E-state index is 0.0598. The maximum atomic E-state index is 15.4. The van der Waals surface area contributed by atoms with Gasteiger partial charge in [-0.05, 0) is 99.9 Å². The Kier molecular flexibility index (Phi) is 8.65. The molecule has 8 nitrogen and oxygen atoms in total. The number of benzene rings is 4. The summed E-state index contributed by atoms with van der Waals surface area (Å²) in [5.74, 6) is -0.632. The molecule has 0 bridgehead atoms. The Hall–Kier alpha value is -4.79. The summed E-state index contributed by atoms with van der Waals surface area (Å²) in [5.41, 5.74) is 7.15. The second kappa shape index (κ2) is 12.8. The Labute approximate surface area is 300 Å². The summed E-state index contributed by atoms with van der Waals surface area (Å²) in [6, 6.07) is 19.7. The molecule has 1 aliphatic heterocycles. The molecule has 0 saturated carbocycles. The Balaban J connectivity index is 1.42. The molecule has 3 heterocycles. The maximum Gasteiger partial charge on any atom is 0.337 e. The average Bonchev–Trinajstić information content (AvgIpc) is 3.54. The molecule has 0 radical (unpaired) electrons. The molecule has 10 heteroatoms. The summed E-state index contributed by atoms with van der Waals surface area (Å²) >= 11 is 13.0. The summed E-state index contributed by atoms with van der Waals surface area (Å²) in [5, 5.41) is 19.1. The van der Waals surface area contributed by atoms with Crippen LogP contribution in [0.4, 0.5) is 5.69 Å². The number of carbonyl (C=O) groups is 2. The van der Waals surface area contributed by atoms with Crippen LogP contribution in [0.3, 0.4) is 0 Å². The highest BCUT2D eigenvalue weighted by Gasteiger charge is 2.45. The molecular weight excluding hydrogens is 671 g/mol. The lowest BCUT2D eigenvalue weighted by atomic mass is 9.90. The molecule has 0 fully saturated rings. The van der Waals surface area contributed by atoms with E-state index in [-0.39, 0.29) is 17.5 Å². The number of rotatable bonds is 8. The standard InChI is InChI=1S/C40H38Cl2N4O4/c1-21-18-28(19-22(2)35(21)42)50-17-9-12-31-30-16-14-27(41)20-33(30)45-25(5)36(34-23(3)43-44(6)24(34)4)46(39(47)38(31)45)37-29-11-8-7-10-26(29)13-15-32(37)40(48)49/h7-8,10-11,13-16,18-20,25,36H,9,12,17H2,1-6H3,(H,48,49)/t25?,36-/m0/s1.